The highest BCUT2D eigenvalue weighted by Crippen LogP contribution is 2.38. The number of ether oxygens (including phenoxy) is 1. The number of hydrazone groups is 1. The third-order valence-corrected chi connectivity index (χ3v) is 4.53. The van der Waals surface area contributed by atoms with E-state index in [0.717, 1.165) is 17.1 Å². The minimum atomic E-state index is -4.57. The summed E-state index contributed by atoms with van der Waals surface area (Å²) < 4.78 is 44.2. The van der Waals surface area contributed by atoms with Crippen molar-refractivity contribution in [3.8, 4) is 0 Å². The van der Waals surface area contributed by atoms with Crippen LogP contribution in [0.1, 0.15) is 24.5 Å². The van der Waals surface area contributed by atoms with Gasteiger partial charge in [-0.05, 0) is 36.1 Å². The van der Waals surface area contributed by atoms with Crippen LogP contribution in [0.5, 0.6) is 0 Å². The lowest BCUT2D eigenvalue weighted by Crippen LogP contribution is -2.31. The minimum absolute atomic E-state index is 0.0761. The van der Waals surface area contributed by atoms with Crippen LogP contribution >= 0.6 is 0 Å². The highest BCUT2D eigenvalue weighted by molar-refractivity contribution is 5.97. The first kappa shape index (κ1) is 20.6. The molecule has 0 spiro atoms. The van der Waals surface area contributed by atoms with Crippen LogP contribution in [0.3, 0.4) is 0 Å². The fraction of sp³-hybridized carbons (Fsp3) is 0.286. The summed E-state index contributed by atoms with van der Waals surface area (Å²) >= 11 is 0. The molecule has 2 atom stereocenters. The van der Waals surface area contributed by atoms with Crippen molar-refractivity contribution in [2.75, 3.05) is 11.6 Å². The number of rotatable bonds is 6. The van der Waals surface area contributed by atoms with Gasteiger partial charge in [-0.1, -0.05) is 43.3 Å². The average molecular weight is 404 g/mol. The fourth-order valence-electron chi connectivity index (χ4n) is 2.70. The van der Waals surface area contributed by atoms with Gasteiger partial charge in [0.2, 0.25) is 0 Å². The predicted octanol–water partition coefficient (Wildman–Crippen LogP) is 4.27. The molecular weight excluding hydrogens is 385 g/mol. The van der Waals surface area contributed by atoms with E-state index in [2.05, 4.69) is 5.10 Å². The van der Waals surface area contributed by atoms with Gasteiger partial charge < -0.3 is 4.74 Å². The molecule has 0 radical (unpaired) electrons. The van der Waals surface area contributed by atoms with Gasteiger partial charge in [0, 0.05) is 0 Å². The quantitative estimate of drug-likeness (QED) is 0.410. The van der Waals surface area contributed by atoms with Crippen molar-refractivity contribution in [3.05, 3.63) is 65.7 Å². The topological polar surface area (TPSA) is 59.0 Å². The van der Waals surface area contributed by atoms with Crippen molar-refractivity contribution >= 4 is 23.8 Å². The lowest BCUT2D eigenvalue weighted by Gasteiger charge is -2.18. The van der Waals surface area contributed by atoms with E-state index in [9.17, 15) is 22.8 Å². The Morgan fingerprint density at radius 2 is 1.86 bits per heavy atom. The molecule has 2 unspecified atom stereocenters. The van der Waals surface area contributed by atoms with E-state index in [0.29, 0.717) is 12.0 Å². The number of hydrogen-bond acceptors (Lipinski definition) is 4. The number of carbonyl (C=O) groups excluding carboxylic acids is 2. The summed E-state index contributed by atoms with van der Waals surface area (Å²) in [7, 11) is 0. The molecule has 1 saturated carbocycles. The molecule has 0 aromatic heterocycles. The smallest absolute Gasteiger partial charge is 0.416 e. The number of carbonyl (C=O) groups is 2. The van der Waals surface area contributed by atoms with Gasteiger partial charge in [0.1, 0.15) is 0 Å². The van der Waals surface area contributed by atoms with Crippen LogP contribution in [0.15, 0.2) is 59.7 Å². The molecule has 29 heavy (non-hydrogen) atoms. The molecule has 0 N–H and O–H groups in total. The van der Waals surface area contributed by atoms with Gasteiger partial charge in [0.05, 0.1) is 23.4 Å². The van der Waals surface area contributed by atoms with Crippen molar-refractivity contribution in [1.29, 1.82) is 0 Å². The second-order valence-electron chi connectivity index (χ2n) is 6.84. The molecule has 0 aliphatic heterocycles. The summed E-state index contributed by atoms with van der Waals surface area (Å²) in [4.78, 5) is 24.5. The van der Waals surface area contributed by atoms with Gasteiger partial charge in [0.25, 0.3) is 5.91 Å². The molecule has 0 saturated heterocycles. The maximum Gasteiger partial charge on any atom is 0.416 e. The predicted molar refractivity (Wildman–Crippen MR) is 101 cm³/mol. The Balaban J connectivity index is 1.82. The number of benzene rings is 2. The molecule has 1 amide bonds. The molecule has 0 bridgehead atoms. The highest BCUT2D eigenvalue weighted by Gasteiger charge is 2.41. The zero-order valence-corrected chi connectivity index (χ0v) is 15.6. The van der Waals surface area contributed by atoms with Gasteiger partial charge in [-0.3, -0.25) is 9.59 Å². The molecular formula is C21H19F3N2O3. The van der Waals surface area contributed by atoms with Gasteiger partial charge in [-0.2, -0.15) is 23.3 Å². The number of alkyl halides is 3. The van der Waals surface area contributed by atoms with Crippen LogP contribution in [0.25, 0.3) is 0 Å². The first-order valence-corrected chi connectivity index (χ1v) is 9.01. The normalized spacial score (nSPS) is 18.5. The molecule has 1 fully saturated rings. The summed E-state index contributed by atoms with van der Waals surface area (Å²) in [6.45, 7) is 1.29. The summed E-state index contributed by atoms with van der Waals surface area (Å²) in [6.07, 6.45) is -2.51. The SMILES string of the molecule is CC1CC1C(=O)OCC(=O)N(N=Cc1ccccc1)c1cccc(C(F)(F)F)c1. The molecule has 5 nitrogen and oxygen atoms in total. The molecule has 0 heterocycles. The van der Waals surface area contributed by atoms with E-state index in [4.69, 9.17) is 4.74 Å². The van der Waals surface area contributed by atoms with E-state index in [-0.39, 0.29) is 17.5 Å². The van der Waals surface area contributed by atoms with Crippen molar-refractivity contribution in [2.45, 2.75) is 19.5 Å². The molecule has 1 aliphatic rings. The first-order chi connectivity index (χ1) is 13.8. The van der Waals surface area contributed by atoms with Gasteiger partial charge in [0.15, 0.2) is 6.61 Å². The zero-order valence-electron chi connectivity index (χ0n) is 15.6. The third-order valence-electron chi connectivity index (χ3n) is 4.53. The lowest BCUT2D eigenvalue weighted by atomic mass is 10.2. The second-order valence-corrected chi connectivity index (χ2v) is 6.84. The second kappa shape index (κ2) is 8.46. The Morgan fingerprint density at radius 3 is 2.48 bits per heavy atom. The van der Waals surface area contributed by atoms with E-state index in [1.807, 2.05) is 6.92 Å². The van der Waals surface area contributed by atoms with Crippen LogP contribution in [0, 0.1) is 11.8 Å². The minimum Gasteiger partial charge on any atom is -0.455 e. The maximum atomic E-state index is 13.1. The third kappa shape index (κ3) is 5.43. The summed E-state index contributed by atoms with van der Waals surface area (Å²) in [6, 6.07) is 13.0. The van der Waals surface area contributed by atoms with E-state index in [1.54, 1.807) is 30.3 Å². The Labute approximate surface area is 165 Å². The Morgan fingerprint density at radius 1 is 1.17 bits per heavy atom. The van der Waals surface area contributed by atoms with E-state index in [1.165, 1.54) is 18.3 Å². The first-order valence-electron chi connectivity index (χ1n) is 9.01. The molecule has 8 heteroatoms. The van der Waals surface area contributed by atoms with Gasteiger partial charge in [-0.25, -0.2) is 0 Å². The number of anilines is 1. The number of esters is 1. The Hall–Kier alpha value is -3.16. The van der Waals surface area contributed by atoms with Gasteiger partial charge >= 0.3 is 12.1 Å². The van der Waals surface area contributed by atoms with E-state index >= 15 is 0 Å². The van der Waals surface area contributed by atoms with Crippen molar-refractivity contribution in [3.63, 3.8) is 0 Å². The van der Waals surface area contributed by atoms with Crippen molar-refractivity contribution in [2.24, 2.45) is 16.9 Å². The lowest BCUT2D eigenvalue weighted by molar-refractivity contribution is -0.149. The standard InChI is InChI=1S/C21H19F3N2O3/c1-14-10-18(14)20(28)29-13-19(27)26(25-12-15-6-3-2-4-7-15)17-9-5-8-16(11-17)21(22,23)24/h2-9,11-12,14,18H,10,13H2,1H3. The molecule has 2 aromatic carbocycles. The monoisotopic (exact) mass is 404 g/mol. The summed E-state index contributed by atoms with van der Waals surface area (Å²) in [5.74, 6) is -1.24. The van der Waals surface area contributed by atoms with Crippen molar-refractivity contribution in [1.82, 2.24) is 0 Å². The van der Waals surface area contributed by atoms with Crippen LogP contribution < -0.4 is 5.01 Å². The fourth-order valence-corrected chi connectivity index (χ4v) is 2.70. The van der Waals surface area contributed by atoms with Crippen LogP contribution in [0.4, 0.5) is 18.9 Å². The van der Waals surface area contributed by atoms with Crippen LogP contribution in [0.2, 0.25) is 0 Å². The molecule has 152 valence electrons. The number of amides is 1. The summed E-state index contributed by atoms with van der Waals surface area (Å²) in [5.41, 5.74) is -0.333. The number of halogens is 3. The van der Waals surface area contributed by atoms with Crippen molar-refractivity contribution < 1.29 is 27.5 Å². The summed E-state index contributed by atoms with van der Waals surface area (Å²) in [5, 5.41) is 4.85. The zero-order chi connectivity index (χ0) is 21.0. The van der Waals surface area contributed by atoms with Crippen LogP contribution in [-0.2, 0) is 20.5 Å². The number of hydrogen-bond donors (Lipinski definition) is 0. The van der Waals surface area contributed by atoms with E-state index < -0.39 is 30.2 Å². The van der Waals surface area contributed by atoms with Crippen LogP contribution in [-0.4, -0.2) is 24.7 Å². The van der Waals surface area contributed by atoms with Gasteiger partial charge in [-0.15, -0.1) is 0 Å². The molecule has 1 aliphatic carbocycles. The Kier molecular flexibility index (Phi) is 6.00. The molecule has 2 aromatic rings. The highest BCUT2D eigenvalue weighted by atomic mass is 19.4. The molecule has 3 rings (SSSR count). The number of nitrogens with zero attached hydrogens (tertiary/aromatic N) is 2. The largest absolute Gasteiger partial charge is 0.455 e. The maximum absolute atomic E-state index is 13.1. The Bertz CT molecular complexity index is 913. The average Bonchev–Trinajstić information content (AvgIpc) is 3.43.